The number of nitrogens with one attached hydrogen (secondary N) is 1. The summed E-state index contributed by atoms with van der Waals surface area (Å²) in [6.07, 6.45) is -0.700. The van der Waals surface area contributed by atoms with E-state index in [1.54, 1.807) is 20.8 Å². The fraction of sp³-hybridized carbons (Fsp3) is 0.360. The van der Waals surface area contributed by atoms with E-state index in [9.17, 15) is 31.6 Å². The predicted molar refractivity (Wildman–Crippen MR) is 145 cm³/mol. The number of carbonyl (C=O) groups excluding carboxylic acids is 3. The first-order valence-corrected chi connectivity index (χ1v) is 14.3. The van der Waals surface area contributed by atoms with Gasteiger partial charge in [-0.2, -0.15) is 0 Å². The molecule has 0 radical (unpaired) electrons. The Hall–Kier alpha value is -3.33. The molecule has 0 aliphatic carbocycles. The highest BCUT2D eigenvalue weighted by molar-refractivity contribution is 7.89. The van der Waals surface area contributed by atoms with Crippen LogP contribution in [0.1, 0.15) is 36.8 Å². The van der Waals surface area contributed by atoms with Gasteiger partial charge in [0.1, 0.15) is 34.7 Å². The van der Waals surface area contributed by atoms with Crippen LogP contribution in [0.5, 0.6) is 0 Å². The first kappa shape index (κ1) is 30.6. The Morgan fingerprint density at radius 2 is 1.56 bits per heavy atom. The van der Waals surface area contributed by atoms with Crippen LogP contribution in [-0.2, 0) is 26.2 Å². The van der Waals surface area contributed by atoms with Gasteiger partial charge < -0.3 is 19.9 Å². The van der Waals surface area contributed by atoms with Crippen LogP contribution >= 0.6 is 23.2 Å². The first-order chi connectivity index (χ1) is 19.0. The highest BCUT2D eigenvalue weighted by atomic mass is 35.5. The Bertz CT molecular complexity index is 1570. The number of nitrogens with zero attached hydrogens (tertiary/aromatic N) is 3. The molecule has 4 rings (SSSR count). The lowest BCUT2D eigenvalue weighted by Gasteiger charge is -2.23. The summed E-state index contributed by atoms with van der Waals surface area (Å²) in [4.78, 5) is 44.0. The number of benzene rings is 1. The van der Waals surface area contributed by atoms with Crippen molar-refractivity contribution in [3.05, 3.63) is 62.4 Å². The number of hydrogen-bond donors (Lipinski definition) is 2. The molecule has 0 atom stereocenters. The van der Waals surface area contributed by atoms with Gasteiger partial charge in [0, 0.05) is 31.6 Å². The Balaban J connectivity index is 1.38. The molecule has 0 unspecified atom stereocenters. The van der Waals surface area contributed by atoms with Crippen LogP contribution < -0.4 is 10.5 Å². The standard InChI is InChI=1S/C25H25Cl2F2N5O6S/c1-25(2,3)23(36)32-18-6-15(26)21(27)31-19(18)11-40-24(37)34-9-12-7-33(8-13(12)10-34)22(35)20-16(28)4-14(5-17(20)29)41(30,38)39/h4-6H,7-11H2,1-3H3,(H,32,36)(H2,30,38,39). The summed E-state index contributed by atoms with van der Waals surface area (Å²) in [5.41, 5.74) is 0.187. The molecule has 16 heteroatoms. The maximum Gasteiger partial charge on any atom is 0.410 e. The molecule has 1 aromatic heterocycles. The van der Waals surface area contributed by atoms with Crippen LogP contribution in [0.15, 0.2) is 34.2 Å². The van der Waals surface area contributed by atoms with Gasteiger partial charge in [0.25, 0.3) is 5.91 Å². The minimum Gasteiger partial charge on any atom is -0.443 e. The van der Waals surface area contributed by atoms with E-state index in [2.05, 4.69) is 10.3 Å². The number of carbonyl (C=O) groups is 3. The van der Waals surface area contributed by atoms with Crippen LogP contribution in [0.25, 0.3) is 0 Å². The SMILES string of the molecule is CC(C)(C)C(=O)Nc1cc(Cl)c(Cl)nc1COC(=O)N1CC2=C(C1)CN(C(=O)c1c(F)cc(S(N)(=O)=O)cc1F)C2. The summed E-state index contributed by atoms with van der Waals surface area (Å²) in [5, 5.41) is 7.69. The van der Waals surface area contributed by atoms with Gasteiger partial charge in [0.15, 0.2) is 0 Å². The van der Waals surface area contributed by atoms with E-state index in [0.717, 1.165) is 0 Å². The molecule has 3 N–H and O–H groups in total. The van der Waals surface area contributed by atoms with Gasteiger partial charge in [-0.25, -0.2) is 32.1 Å². The second kappa shape index (κ2) is 11.2. The monoisotopic (exact) mass is 631 g/mol. The molecular weight excluding hydrogens is 607 g/mol. The second-order valence-electron chi connectivity index (χ2n) is 10.5. The summed E-state index contributed by atoms with van der Waals surface area (Å²) in [6, 6.07) is 2.39. The van der Waals surface area contributed by atoms with Crippen molar-refractivity contribution in [2.75, 3.05) is 31.5 Å². The molecule has 0 bridgehead atoms. The van der Waals surface area contributed by atoms with Crippen LogP contribution in [0.4, 0.5) is 19.3 Å². The maximum atomic E-state index is 14.5. The van der Waals surface area contributed by atoms with Crippen molar-refractivity contribution in [2.45, 2.75) is 32.3 Å². The van der Waals surface area contributed by atoms with Crippen LogP contribution in [0, 0.1) is 17.0 Å². The molecule has 0 spiro atoms. The summed E-state index contributed by atoms with van der Waals surface area (Å²) >= 11 is 12.1. The third-order valence-corrected chi connectivity index (χ3v) is 7.97. The lowest BCUT2D eigenvalue weighted by Crippen LogP contribution is -2.37. The van der Waals surface area contributed by atoms with Gasteiger partial charge in [-0.05, 0) is 29.3 Å². The predicted octanol–water partition coefficient (Wildman–Crippen LogP) is 3.70. The summed E-state index contributed by atoms with van der Waals surface area (Å²) < 4.78 is 57.2. The van der Waals surface area contributed by atoms with E-state index in [0.29, 0.717) is 23.3 Å². The van der Waals surface area contributed by atoms with E-state index >= 15 is 0 Å². The molecular formula is C25H25Cl2F2N5O6S. The Labute approximate surface area is 244 Å². The zero-order chi connectivity index (χ0) is 30.4. The van der Waals surface area contributed by atoms with E-state index < -0.39 is 49.5 Å². The molecule has 11 nitrogen and oxygen atoms in total. The van der Waals surface area contributed by atoms with Crippen LogP contribution in [0.2, 0.25) is 10.2 Å². The van der Waals surface area contributed by atoms with Crippen molar-refractivity contribution in [3.63, 3.8) is 0 Å². The molecule has 220 valence electrons. The molecule has 0 saturated carbocycles. The molecule has 3 heterocycles. The largest absolute Gasteiger partial charge is 0.443 e. The van der Waals surface area contributed by atoms with E-state index in [1.165, 1.54) is 15.9 Å². The number of ether oxygens (including phenoxy) is 1. The summed E-state index contributed by atoms with van der Waals surface area (Å²) in [7, 11) is -4.37. The number of rotatable bonds is 5. The quantitative estimate of drug-likeness (QED) is 0.377. The average Bonchev–Trinajstić information content (AvgIpc) is 3.43. The fourth-order valence-corrected chi connectivity index (χ4v) is 5.02. The number of pyridine rings is 1. The zero-order valence-electron chi connectivity index (χ0n) is 22.1. The number of hydrogen-bond acceptors (Lipinski definition) is 7. The number of nitrogens with two attached hydrogens (primary N) is 1. The van der Waals surface area contributed by atoms with E-state index in [-0.39, 0.29) is 60.3 Å². The highest BCUT2D eigenvalue weighted by Crippen LogP contribution is 2.31. The third kappa shape index (κ3) is 6.61. The minimum absolute atomic E-state index is 0.00506. The normalized spacial score (nSPS) is 15.3. The molecule has 2 aliphatic heterocycles. The third-order valence-electron chi connectivity index (χ3n) is 6.40. The van der Waals surface area contributed by atoms with Gasteiger partial charge in [0.05, 0.1) is 15.6 Å². The number of halogens is 4. The molecule has 0 fully saturated rings. The van der Waals surface area contributed by atoms with Crippen molar-refractivity contribution in [1.82, 2.24) is 14.8 Å². The topological polar surface area (TPSA) is 152 Å². The van der Waals surface area contributed by atoms with Crippen molar-refractivity contribution in [3.8, 4) is 0 Å². The summed E-state index contributed by atoms with van der Waals surface area (Å²) in [6.45, 7) is 5.06. The van der Waals surface area contributed by atoms with Gasteiger partial charge in [-0.1, -0.05) is 44.0 Å². The molecule has 1 aromatic carbocycles. The van der Waals surface area contributed by atoms with Gasteiger partial charge >= 0.3 is 6.09 Å². The van der Waals surface area contributed by atoms with Crippen molar-refractivity contribution < 1.29 is 36.3 Å². The van der Waals surface area contributed by atoms with Crippen molar-refractivity contribution >= 4 is 56.8 Å². The molecule has 2 aliphatic rings. The van der Waals surface area contributed by atoms with Gasteiger partial charge in [-0.3, -0.25) is 9.59 Å². The fourth-order valence-electron chi connectivity index (χ4n) is 4.18. The van der Waals surface area contributed by atoms with E-state index in [4.69, 9.17) is 33.1 Å². The smallest absolute Gasteiger partial charge is 0.410 e. The Morgan fingerprint density at radius 1 is 1.02 bits per heavy atom. The zero-order valence-corrected chi connectivity index (χ0v) is 24.4. The van der Waals surface area contributed by atoms with Crippen molar-refractivity contribution in [2.24, 2.45) is 10.6 Å². The summed E-state index contributed by atoms with van der Waals surface area (Å²) in [5.74, 6) is -4.00. The molecule has 0 saturated heterocycles. The Kier molecular flexibility index (Phi) is 8.33. The molecule has 41 heavy (non-hydrogen) atoms. The van der Waals surface area contributed by atoms with Gasteiger partial charge in [-0.15, -0.1) is 0 Å². The number of amides is 3. The van der Waals surface area contributed by atoms with Crippen LogP contribution in [-0.4, -0.2) is 67.3 Å². The number of anilines is 1. The first-order valence-electron chi connectivity index (χ1n) is 12.0. The number of aromatic nitrogens is 1. The molecule has 3 amide bonds. The lowest BCUT2D eigenvalue weighted by molar-refractivity contribution is -0.123. The molecule has 2 aromatic rings. The number of primary sulfonamides is 1. The maximum absolute atomic E-state index is 14.5. The minimum atomic E-state index is -4.37. The van der Waals surface area contributed by atoms with E-state index in [1.807, 2.05) is 0 Å². The lowest BCUT2D eigenvalue weighted by atomic mass is 9.95. The number of sulfonamides is 1. The van der Waals surface area contributed by atoms with Gasteiger partial charge in [0.2, 0.25) is 15.9 Å². The highest BCUT2D eigenvalue weighted by Gasteiger charge is 2.37. The second-order valence-corrected chi connectivity index (χ2v) is 12.9. The van der Waals surface area contributed by atoms with Crippen molar-refractivity contribution in [1.29, 1.82) is 0 Å². The van der Waals surface area contributed by atoms with Crippen LogP contribution in [0.3, 0.4) is 0 Å². The Morgan fingerprint density at radius 3 is 2.07 bits per heavy atom. The average molecular weight is 632 g/mol.